The van der Waals surface area contributed by atoms with Crippen LogP contribution in [0.15, 0.2) is 12.1 Å². The molecule has 1 rings (SSSR count). The maximum absolute atomic E-state index is 11.4. The fraction of sp³-hybridized carbons (Fsp3) is 0.455. The molecule has 0 spiro atoms. The van der Waals surface area contributed by atoms with Crippen LogP contribution in [0.3, 0.4) is 0 Å². The highest BCUT2D eigenvalue weighted by Crippen LogP contribution is 2.11. The van der Waals surface area contributed by atoms with E-state index in [9.17, 15) is 4.79 Å². The Morgan fingerprint density at radius 1 is 1.40 bits per heavy atom. The van der Waals surface area contributed by atoms with E-state index in [1.165, 1.54) is 0 Å². The molecule has 0 atom stereocenters. The van der Waals surface area contributed by atoms with Gasteiger partial charge in [-0.15, -0.1) is 0 Å². The van der Waals surface area contributed by atoms with Gasteiger partial charge in [-0.25, -0.2) is 4.79 Å². The van der Waals surface area contributed by atoms with Crippen LogP contribution in [-0.2, 0) is 0 Å². The molecule has 0 saturated heterocycles. The van der Waals surface area contributed by atoms with Gasteiger partial charge in [0.15, 0.2) is 0 Å². The van der Waals surface area contributed by atoms with Crippen LogP contribution in [0.1, 0.15) is 24.7 Å². The second-order valence-electron chi connectivity index (χ2n) is 3.47. The van der Waals surface area contributed by atoms with E-state index < -0.39 is 0 Å². The molecule has 0 unspecified atom stereocenters. The fourth-order valence-electron chi connectivity index (χ4n) is 1.22. The predicted molar refractivity (Wildman–Crippen MR) is 61.0 cm³/mol. The number of pyridine rings is 1. The van der Waals surface area contributed by atoms with Crippen LogP contribution in [0.2, 0.25) is 0 Å². The first-order valence-electron chi connectivity index (χ1n) is 5.12. The van der Waals surface area contributed by atoms with Gasteiger partial charge in [0.1, 0.15) is 0 Å². The molecule has 0 aliphatic carbocycles. The molecule has 1 heterocycles. The predicted octanol–water partition coefficient (Wildman–Crippen LogP) is 2.23. The minimum Gasteiger partial charge on any atom is -0.338 e. The molecule has 82 valence electrons. The van der Waals surface area contributed by atoms with Gasteiger partial charge < -0.3 is 10.6 Å². The van der Waals surface area contributed by atoms with Crippen LogP contribution in [-0.4, -0.2) is 17.6 Å². The highest BCUT2D eigenvalue weighted by atomic mass is 16.2. The Balaban J connectivity index is 2.60. The first-order chi connectivity index (χ1) is 7.13. The molecular formula is C11H17N3O. The van der Waals surface area contributed by atoms with Crippen molar-refractivity contribution < 1.29 is 4.79 Å². The molecule has 2 N–H and O–H groups in total. The largest absolute Gasteiger partial charge is 0.338 e. The molecule has 15 heavy (non-hydrogen) atoms. The number of carbonyl (C=O) groups is 1. The lowest BCUT2D eigenvalue weighted by molar-refractivity contribution is 0.252. The number of amides is 2. The van der Waals surface area contributed by atoms with Crippen LogP contribution in [0.4, 0.5) is 10.5 Å². The van der Waals surface area contributed by atoms with Crippen LogP contribution in [0.25, 0.3) is 0 Å². The van der Waals surface area contributed by atoms with Crippen molar-refractivity contribution in [3.63, 3.8) is 0 Å². The van der Waals surface area contributed by atoms with Crippen LogP contribution < -0.4 is 10.6 Å². The van der Waals surface area contributed by atoms with Gasteiger partial charge in [-0.05, 0) is 32.4 Å². The van der Waals surface area contributed by atoms with E-state index in [0.29, 0.717) is 6.54 Å². The zero-order valence-corrected chi connectivity index (χ0v) is 9.42. The van der Waals surface area contributed by atoms with Crippen molar-refractivity contribution in [1.82, 2.24) is 10.3 Å². The number of hydrogen-bond acceptors (Lipinski definition) is 2. The summed E-state index contributed by atoms with van der Waals surface area (Å²) in [6.07, 6.45) is 0.929. The summed E-state index contributed by atoms with van der Waals surface area (Å²) in [4.78, 5) is 15.6. The number of nitrogens with one attached hydrogen (secondary N) is 2. The van der Waals surface area contributed by atoms with Crippen molar-refractivity contribution in [2.45, 2.75) is 27.2 Å². The number of carbonyl (C=O) groups excluding carboxylic acids is 1. The fourth-order valence-corrected chi connectivity index (χ4v) is 1.22. The zero-order chi connectivity index (χ0) is 11.3. The highest BCUT2D eigenvalue weighted by molar-refractivity contribution is 5.89. The summed E-state index contributed by atoms with van der Waals surface area (Å²) in [6, 6.07) is 3.57. The average Bonchev–Trinajstić information content (AvgIpc) is 2.19. The molecule has 4 nitrogen and oxygen atoms in total. The van der Waals surface area contributed by atoms with E-state index in [1.807, 2.05) is 32.9 Å². The summed E-state index contributed by atoms with van der Waals surface area (Å²) in [6.45, 7) is 6.50. The number of hydrogen-bond donors (Lipinski definition) is 2. The van der Waals surface area contributed by atoms with Crippen LogP contribution in [0.5, 0.6) is 0 Å². The lowest BCUT2D eigenvalue weighted by Gasteiger charge is -2.08. The van der Waals surface area contributed by atoms with Crippen molar-refractivity contribution in [2.75, 3.05) is 11.9 Å². The van der Waals surface area contributed by atoms with Gasteiger partial charge in [-0.1, -0.05) is 6.92 Å². The summed E-state index contributed by atoms with van der Waals surface area (Å²) < 4.78 is 0. The standard InChI is InChI=1S/C11H17N3O/c1-4-7-12-11(15)14-10-6-5-8(2)13-9(10)3/h5-6H,4,7H2,1-3H3,(H2,12,14,15). The molecule has 2 amide bonds. The van der Waals surface area contributed by atoms with Gasteiger partial charge in [-0.2, -0.15) is 0 Å². The third-order valence-corrected chi connectivity index (χ3v) is 2.01. The van der Waals surface area contributed by atoms with Crippen LogP contribution >= 0.6 is 0 Å². The van der Waals surface area contributed by atoms with Gasteiger partial charge in [0.05, 0.1) is 11.4 Å². The lowest BCUT2D eigenvalue weighted by Crippen LogP contribution is -2.29. The van der Waals surface area contributed by atoms with Crippen molar-refractivity contribution >= 4 is 11.7 Å². The Morgan fingerprint density at radius 2 is 2.13 bits per heavy atom. The summed E-state index contributed by atoms with van der Waals surface area (Å²) in [5.74, 6) is 0. The van der Waals surface area contributed by atoms with E-state index in [0.717, 1.165) is 23.5 Å². The third-order valence-electron chi connectivity index (χ3n) is 2.01. The molecule has 0 bridgehead atoms. The highest BCUT2D eigenvalue weighted by Gasteiger charge is 2.03. The lowest BCUT2D eigenvalue weighted by atomic mass is 10.3. The Morgan fingerprint density at radius 3 is 2.73 bits per heavy atom. The molecule has 0 aromatic carbocycles. The first kappa shape index (κ1) is 11.5. The third kappa shape index (κ3) is 3.58. The first-order valence-corrected chi connectivity index (χ1v) is 5.12. The summed E-state index contributed by atoms with van der Waals surface area (Å²) in [5.41, 5.74) is 2.54. The smallest absolute Gasteiger partial charge is 0.319 e. The van der Waals surface area contributed by atoms with Crippen LogP contribution in [0, 0.1) is 13.8 Å². The van der Waals surface area contributed by atoms with Crippen molar-refractivity contribution in [2.24, 2.45) is 0 Å². The van der Waals surface area contributed by atoms with E-state index in [2.05, 4.69) is 15.6 Å². The number of aromatic nitrogens is 1. The Labute approximate surface area is 90.1 Å². The number of urea groups is 1. The Hall–Kier alpha value is -1.58. The molecule has 0 radical (unpaired) electrons. The molecular weight excluding hydrogens is 190 g/mol. The average molecular weight is 207 g/mol. The zero-order valence-electron chi connectivity index (χ0n) is 9.42. The molecule has 1 aromatic rings. The maximum Gasteiger partial charge on any atom is 0.319 e. The summed E-state index contributed by atoms with van der Waals surface area (Å²) in [7, 11) is 0. The maximum atomic E-state index is 11.4. The van der Waals surface area contributed by atoms with E-state index in [4.69, 9.17) is 0 Å². The van der Waals surface area contributed by atoms with E-state index >= 15 is 0 Å². The van der Waals surface area contributed by atoms with Crippen molar-refractivity contribution in [1.29, 1.82) is 0 Å². The second-order valence-corrected chi connectivity index (χ2v) is 3.47. The van der Waals surface area contributed by atoms with E-state index in [-0.39, 0.29) is 6.03 Å². The molecule has 0 fully saturated rings. The Kier molecular flexibility index (Phi) is 4.09. The molecule has 0 aliphatic rings. The monoisotopic (exact) mass is 207 g/mol. The SMILES string of the molecule is CCCNC(=O)Nc1ccc(C)nc1C. The molecule has 0 saturated carbocycles. The Bertz CT molecular complexity index is 350. The van der Waals surface area contributed by atoms with Gasteiger partial charge in [0.2, 0.25) is 0 Å². The normalized spacial score (nSPS) is 9.80. The number of aryl methyl sites for hydroxylation is 2. The molecule has 0 aliphatic heterocycles. The summed E-state index contributed by atoms with van der Waals surface area (Å²) >= 11 is 0. The minimum atomic E-state index is -0.175. The quantitative estimate of drug-likeness (QED) is 0.798. The molecule has 4 heteroatoms. The topological polar surface area (TPSA) is 54.0 Å². The van der Waals surface area contributed by atoms with Gasteiger partial charge in [0.25, 0.3) is 0 Å². The minimum absolute atomic E-state index is 0.175. The number of anilines is 1. The molecule has 1 aromatic heterocycles. The van der Waals surface area contributed by atoms with Crippen molar-refractivity contribution in [3.8, 4) is 0 Å². The van der Waals surface area contributed by atoms with Gasteiger partial charge in [-0.3, -0.25) is 4.98 Å². The number of nitrogens with zero attached hydrogens (tertiary/aromatic N) is 1. The van der Waals surface area contributed by atoms with Gasteiger partial charge >= 0.3 is 6.03 Å². The summed E-state index contributed by atoms with van der Waals surface area (Å²) in [5, 5.41) is 5.50. The second kappa shape index (κ2) is 5.34. The van der Waals surface area contributed by atoms with E-state index in [1.54, 1.807) is 0 Å². The number of rotatable bonds is 3. The van der Waals surface area contributed by atoms with Crippen molar-refractivity contribution in [3.05, 3.63) is 23.5 Å². The van der Waals surface area contributed by atoms with Gasteiger partial charge in [0, 0.05) is 12.2 Å².